The standard InChI is InChI=1S/C18H30N4O.HI/c1-4-11-20-18(19-2)21-14-17(22-12-5-6-13-22)15-7-9-16(23-3)10-8-15;/h7-10,17H,4-6,11-14H2,1-3H3,(H2,19,20,21);1H. The van der Waals surface area contributed by atoms with Crippen molar-refractivity contribution in [3.63, 3.8) is 0 Å². The van der Waals surface area contributed by atoms with Gasteiger partial charge in [-0.1, -0.05) is 19.1 Å². The average Bonchev–Trinajstić information content (AvgIpc) is 3.12. The van der Waals surface area contributed by atoms with Crippen LogP contribution in [0.1, 0.15) is 37.8 Å². The average molecular weight is 446 g/mol. The molecule has 0 aliphatic carbocycles. The SMILES string of the molecule is CCCNC(=NC)NCC(c1ccc(OC)cc1)N1CCCC1.I. The van der Waals surface area contributed by atoms with E-state index in [0.717, 1.165) is 31.2 Å². The zero-order valence-corrected chi connectivity index (χ0v) is 17.4. The Kier molecular flexibility index (Phi) is 10.1. The zero-order valence-electron chi connectivity index (χ0n) is 15.0. The van der Waals surface area contributed by atoms with Crippen molar-refractivity contribution < 1.29 is 4.74 Å². The van der Waals surface area contributed by atoms with E-state index in [9.17, 15) is 0 Å². The molecular weight excluding hydrogens is 415 g/mol. The number of rotatable bonds is 7. The smallest absolute Gasteiger partial charge is 0.191 e. The first-order valence-corrected chi connectivity index (χ1v) is 8.61. The van der Waals surface area contributed by atoms with Crippen LogP contribution in [0.4, 0.5) is 0 Å². The van der Waals surface area contributed by atoms with Crippen LogP contribution in [0.5, 0.6) is 5.75 Å². The maximum absolute atomic E-state index is 5.28. The van der Waals surface area contributed by atoms with Gasteiger partial charge in [-0.25, -0.2) is 0 Å². The number of guanidine groups is 1. The lowest BCUT2D eigenvalue weighted by Gasteiger charge is -2.29. The minimum absolute atomic E-state index is 0. The van der Waals surface area contributed by atoms with E-state index in [2.05, 4.69) is 39.6 Å². The Bertz CT molecular complexity index is 486. The normalized spacial score (nSPS) is 16.4. The van der Waals surface area contributed by atoms with Crippen LogP contribution in [0.15, 0.2) is 29.3 Å². The number of likely N-dealkylation sites (tertiary alicyclic amines) is 1. The fraction of sp³-hybridized carbons (Fsp3) is 0.611. The van der Waals surface area contributed by atoms with Crippen molar-refractivity contribution in [2.24, 2.45) is 4.99 Å². The van der Waals surface area contributed by atoms with E-state index in [4.69, 9.17) is 4.74 Å². The molecule has 5 nitrogen and oxygen atoms in total. The second kappa shape index (κ2) is 11.5. The molecule has 0 radical (unpaired) electrons. The number of nitrogens with zero attached hydrogens (tertiary/aromatic N) is 2. The molecule has 1 atom stereocenters. The zero-order chi connectivity index (χ0) is 16.5. The predicted molar refractivity (Wildman–Crippen MR) is 112 cm³/mol. The summed E-state index contributed by atoms with van der Waals surface area (Å²) >= 11 is 0. The van der Waals surface area contributed by atoms with Crippen molar-refractivity contribution >= 4 is 29.9 Å². The van der Waals surface area contributed by atoms with E-state index >= 15 is 0 Å². The van der Waals surface area contributed by atoms with Crippen molar-refractivity contribution in [3.05, 3.63) is 29.8 Å². The highest BCUT2D eigenvalue weighted by Gasteiger charge is 2.23. The van der Waals surface area contributed by atoms with Gasteiger partial charge in [0.1, 0.15) is 5.75 Å². The summed E-state index contributed by atoms with van der Waals surface area (Å²) in [5.41, 5.74) is 1.33. The maximum atomic E-state index is 5.28. The fourth-order valence-electron chi connectivity index (χ4n) is 2.99. The Morgan fingerprint density at radius 3 is 2.42 bits per heavy atom. The lowest BCUT2D eigenvalue weighted by molar-refractivity contribution is 0.245. The summed E-state index contributed by atoms with van der Waals surface area (Å²) in [7, 11) is 3.53. The second-order valence-corrected chi connectivity index (χ2v) is 5.91. The van der Waals surface area contributed by atoms with Gasteiger partial charge in [0, 0.05) is 20.1 Å². The first kappa shape index (κ1) is 21.0. The first-order chi connectivity index (χ1) is 11.3. The highest BCUT2D eigenvalue weighted by Crippen LogP contribution is 2.26. The number of aliphatic imine (C=N–C) groups is 1. The van der Waals surface area contributed by atoms with Crippen LogP contribution in [0.2, 0.25) is 0 Å². The highest BCUT2D eigenvalue weighted by molar-refractivity contribution is 14.0. The van der Waals surface area contributed by atoms with Gasteiger partial charge in [-0.05, 0) is 50.0 Å². The molecule has 1 aliphatic rings. The van der Waals surface area contributed by atoms with E-state index in [0.29, 0.717) is 6.04 Å². The van der Waals surface area contributed by atoms with Crippen molar-refractivity contribution in [2.75, 3.05) is 40.3 Å². The van der Waals surface area contributed by atoms with Crippen LogP contribution >= 0.6 is 24.0 Å². The third-order valence-electron chi connectivity index (χ3n) is 4.31. The summed E-state index contributed by atoms with van der Waals surface area (Å²) in [5.74, 6) is 1.78. The van der Waals surface area contributed by atoms with E-state index in [1.807, 2.05) is 19.2 Å². The highest BCUT2D eigenvalue weighted by atomic mass is 127. The van der Waals surface area contributed by atoms with Gasteiger partial charge in [-0.2, -0.15) is 0 Å². The molecule has 2 N–H and O–H groups in total. The van der Waals surface area contributed by atoms with Crippen molar-refractivity contribution in [3.8, 4) is 5.75 Å². The predicted octanol–water partition coefficient (Wildman–Crippen LogP) is 3.03. The Labute approximate surface area is 163 Å². The number of hydrogen-bond acceptors (Lipinski definition) is 3. The van der Waals surface area contributed by atoms with Gasteiger partial charge in [0.15, 0.2) is 5.96 Å². The largest absolute Gasteiger partial charge is 0.497 e. The molecule has 0 amide bonds. The molecule has 1 saturated heterocycles. The van der Waals surface area contributed by atoms with Crippen LogP contribution in [-0.4, -0.2) is 51.2 Å². The molecule has 1 fully saturated rings. The number of methoxy groups -OCH3 is 1. The summed E-state index contributed by atoms with van der Waals surface area (Å²) in [5, 5.41) is 6.81. The minimum Gasteiger partial charge on any atom is -0.497 e. The Morgan fingerprint density at radius 2 is 1.88 bits per heavy atom. The van der Waals surface area contributed by atoms with Crippen LogP contribution < -0.4 is 15.4 Å². The van der Waals surface area contributed by atoms with E-state index in [1.165, 1.54) is 31.5 Å². The summed E-state index contributed by atoms with van der Waals surface area (Å²) in [4.78, 5) is 6.86. The second-order valence-electron chi connectivity index (χ2n) is 5.91. The molecule has 0 saturated carbocycles. The molecule has 1 aromatic carbocycles. The summed E-state index contributed by atoms with van der Waals surface area (Å²) in [6, 6.07) is 8.80. The number of ether oxygens (including phenoxy) is 1. The summed E-state index contributed by atoms with van der Waals surface area (Å²) in [6.45, 7) is 6.29. The molecule has 0 aromatic heterocycles. The van der Waals surface area contributed by atoms with E-state index in [1.54, 1.807) is 7.11 Å². The molecule has 0 spiro atoms. The Balaban J connectivity index is 0.00000288. The van der Waals surface area contributed by atoms with E-state index in [-0.39, 0.29) is 24.0 Å². The lowest BCUT2D eigenvalue weighted by Crippen LogP contribution is -2.42. The minimum atomic E-state index is 0. The van der Waals surface area contributed by atoms with Gasteiger partial charge in [-0.15, -0.1) is 24.0 Å². The topological polar surface area (TPSA) is 48.9 Å². The lowest BCUT2D eigenvalue weighted by atomic mass is 10.1. The third kappa shape index (κ3) is 6.12. The van der Waals surface area contributed by atoms with E-state index < -0.39 is 0 Å². The van der Waals surface area contributed by atoms with Crippen molar-refractivity contribution in [1.82, 2.24) is 15.5 Å². The molecule has 6 heteroatoms. The van der Waals surface area contributed by atoms with Gasteiger partial charge >= 0.3 is 0 Å². The maximum Gasteiger partial charge on any atom is 0.191 e. The van der Waals surface area contributed by atoms with Crippen LogP contribution in [0, 0.1) is 0 Å². The quantitative estimate of drug-likeness (QED) is 0.384. The molecule has 1 unspecified atom stereocenters. The van der Waals surface area contributed by atoms with Crippen LogP contribution in [-0.2, 0) is 0 Å². The molecule has 1 aliphatic heterocycles. The number of benzene rings is 1. The molecule has 1 heterocycles. The Hall–Kier alpha value is -1.02. The van der Waals surface area contributed by atoms with Gasteiger partial charge in [0.2, 0.25) is 0 Å². The van der Waals surface area contributed by atoms with Crippen molar-refractivity contribution in [1.29, 1.82) is 0 Å². The third-order valence-corrected chi connectivity index (χ3v) is 4.31. The number of nitrogens with one attached hydrogen (secondary N) is 2. The summed E-state index contributed by atoms with van der Waals surface area (Å²) < 4.78 is 5.28. The monoisotopic (exact) mass is 446 g/mol. The first-order valence-electron chi connectivity index (χ1n) is 8.61. The number of halogens is 1. The fourth-order valence-corrected chi connectivity index (χ4v) is 2.99. The molecule has 1 aromatic rings. The van der Waals surface area contributed by atoms with Gasteiger partial charge in [0.25, 0.3) is 0 Å². The Morgan fingerprint density at radius 1 is 1.21 bits per heavy atom. The molecule has 24 heavy (non-hydrogen) atoms. The number of hydrogen-bond donors (Lipinski definition) is 2. The molecule has 2 rings (SSSR count). The van der Waals surface area contributed by atoms with Crippen LogP contribution in [0.3, 0.4) is 0 Å². The van der Waals surface area contributed by atoms with Gasteiger partial charge in [-0.3, -0.25) is 9.89 Å². The van der Waals surface area contributed by atoms with Gasteiger partial charge in [0.05, 0.1) is 13.2 Å². The van der Waals surface area contributed by atoms with Gasteiger partial charge < -0.3 is 15.4 Å². The molecule has 0 bridgehead atoms. The summed E-state index contributed by atoms with van der Waals surface area (Å²) in [6.07, 6.45) is 3.67. The van der Waals surface area contributed by atoms with Crippen molar-refractivity contribution in [2.45, 2.75) is 32.2 Å². The molecule has 136 valence electrons. The molecular formula is C18H31IN4O. The van der Waals surface area contributed by atoms with Crippen LogP contribution in [0.25, 0.3) is 0 Å².